The minimum absolute atomic E-state index is 0. The molecule has 0 radical (unpaired) electrons. The van der Waals surface area contributed by atoms with Crippen molar-refractivity contribution in [1.82, 2.24) is 10.6 Å². The van der Waals surface area contributed by atoms with Crippen LogP contribution in [0.1, 0.15) is 28.2 Å². The molecule has 0 atom stereocenters. The van der Waals surface area contributed by atoms with E-state index in [9.17, 15) is 0 Å². The zero-order chi connectivity index (χ0) is 8.24. The largest absolute Gasteiger partial charge is 0.390 e. The Bertz CT molecular complexity index is 53.5. The second kappa shape index (κ2) is 22.7. The Morgan fingerprint density at radius 2 is 1.82 bits per heavy atom. The summed E-state index contributed by atoms with van der Waals surface area (Å²) in [6.07, 6.45) is 1.71. The maximum Gasteiger partial charge on any atom is 0.0266 e. The lowest BCUT2D eigenvalue weighted by molar-refractivity contribution is 0.687. The van der Waals surface area contributed by atoms with Crippen LogP contribution in [0, 0.1) is 0 Å². The molecule has 11 heavy (non-hydrogen) atoms. The molecule has 0 aromatic carbocycles. The first kappa shape index (κ1) is 16.8. The molecule has 0 aromatic heterocycles. The highest BCUT2D eigenvalue weighted by molar-refractivity contribution is 4.62. The van der Waals surface area contributed by atoms with Gasteiger partial charge in [-0.2, -0.15) is 0 Å². The standard InChI is InChI=1S/C6H14N2.C2H6.CH4/c1-3-7-5-6-8-4-2;1-2;/h3,7-8H,1,4-6H2,2H3;1-2H3;1H4. The Balaban J connectivity index is -0.000000196. The van der Waals surface area contributed by atoms with Crippen molar-refractivity contribution < 1.29 is 0 Å². The predicted octanol–water partition coefficient (Wildman–Crippen LogP) is 1.99. The van der Waals surface area contributed by atoms with E-state index in [0.29, 0.717) is 0 Å². The van der Waals surface area contributed by atoms with Crippen molar-refractivity contribution in [1.29, 1.82) is 0 Å². The molecule has 70 valence electrons. The fourth-order valence-corrected chi connectivity index (χ4v) is 0.439. The zero-order valence-corrected chi connectivity index (χ0v) is 7.41. The first-order valence-electron chi connectivity index (χ1n) is 3.96. The quantitative estimate of drug-likeness (QED) is 0.601. The number of rotatable bonds is 5. The van der Waals surface area contributed by atoms with Crippen molar-refractivity contribution in [3.63, 3.8) is 0 Å². The third-order valence-corrected chi connectivity index (χ3v) is 0.840. The van der Waals surface area contributed by atoms with E-state index < -0.39 is 0 Å². The van der Waals surface area contributed by atoms with Gasteiger partial charge in [0.05, 0.1) is 0 Å². The Labute approximate surface area is 72.1 Å². The highest BCUT2D eigenvalue weighted by Crippen LogP contribution is 1.56. The third-order valence-electron chi connectivity index (χ3n) is 0.840. The number of hydrogen-bond acceptors (Lipinski definition) is 2. The van der Waals surface area contributed by atoms with Gasteiger partial charge in [-0.1, -0.05) is 34.8 Å². The summed E-state index contributed by atoms with van der Waals surface area (Å²) < 4.78 is 0. The summed E-state index contributed by atoms with van der Waals surface area (Å²) in [5.74, 6) is 0. The molecule has 0 fully saturated rings. The molecule has 2 heteroatoms. The highest BCUT2D eigenvalue weighted by atomic mass is 14.9. The fourth-order valence-electron chi connectivity index (χ4n) is 0.439. The lowest BCUT2D eigenvalue weighted by Crippen LogP contribution is -2.23. The molecule has 0 aliphatic carbocycles. The minimum Gasteiger partial charge on any atom is -0.390 e. The molecule has 0 saturated heterocycles. The van der Waals surface area contributed by atoms with Crippen molar-refractivity contribution in [3.8, 4) is 0 Å². The first-order valence-corrected chi connectivity index (χ1v) is 3.96. The Morgan fingerprint density at radius 3 is 2.18 bits per heavy atom. The molecule has 2 N–H and O–H groups in total. The summed E-state index contributed by atoms with van der Waals surface area (Å²) in [7, 11) is 0. The van der Waals surface area contributed by atoms with Crippen molar-refractivity contribution in [3.05, 3.63) is 12.8 Å². The van der Waals surface area contributed by atoms with Crippen molar-refractivity contribution in [2.24, 2.45) is 0 Å². The summed E-state index contributed by atoms with van der Waals surface area (Å²) in [5, 5.41) is 6.16. The molecular formula is C9H24N2. The van der Waals surface area contributed by atoms with E-state index in [4.69, 9.17) is 0 Å². The Kier molecular flexibility index (Phi) is 34.8. The number of hydrogen-bond donors (Lipinski definition) is 2. The second-order valence-corrected chi connectivity index (χ2v) is 1.51. The normalized spacial score (nSPS) is 6.82. The molecule has 0 unspecified atom stereocenters. The topological polar surface area (TPSA) is 24.1 Å². The molecule has 0 aromatic rings. The zero-order valence-electron chi connectivity index (χ0n) is 7.41. The summed E-state index contributed by atoms with van der Waals surface area (Å²) in [6.45, 7) is 12.6. The van der Waals surface area contributed by atoms with Crippen molar-refractivity contribution >= 4 is 0 Å². The summed E-state index contributed by atoms with van der Waals surface area (Å²) in [4.78, 5) is 0. The second-order valence-electron chi connectivity index (χ2n) is 1.51. The van der Waals surface area contributed by atoms with E-state index in [0.717, 1.165) is 19.6 Å². The molecule has 0 bridgehead atoms. The van der Waals surface area contributed by atoms with Gasteiger partial charge in [0.1, 0.15) is 0 Å². The van der Waals surface area contributed by atoms with Crippen LogP contribution in [-0.2, 0) is 0 Å². The molecular weight excluding hydrogens is 136 g/mol. The fraction of sp³-hybridized carbons (Fsp3) is 0.778. The van der Waals surface area contributed by atoms with Crippen LogP contribution < -0.4 is 10.6 Å². The van der Waals surface area contributed by atoms with Gasteiger partial charge in [0.25, 0.3) is 0 Å². The van der Waals surface area contributed by atoms with Crippen LogP contribution in [0.4, 0.5) is 0 Å². The lowest BCUT2D eigenvalue weighted by atomic mass is 10.6. The average molecular weight is 160 g/mol. The van der Waals surface area contributed by atoms with Gasteiger partial charge in [-0.05, 0) is 12.7 Å². The van der Waals surface area contributed by atoms with E-state index in [-0.39, 0.29) is 7.43 Å². The Hall–Kier alpha value is -0.500. The average Bonchev–Trinajstić information content (AvgIpc) is 2.02. The molecule has 0 rings (SSSR count). The van der Waals surface area contributed by atoms with Gasteiger partial charge < -0.3 is 10.6 Å². The van der Waals surface area contributed by atoms with Crippen LogP contribution in [0.2, 0.25) is 0 Å². The summed E-state index contributed by atoms with van der Waals surface area (Å²) in [5.41, 5.74) is 0. The van der Waals surface area contributed by atoms with Gasteiger partial charge in [-0.15, -0.1) is 0 Å². The van der Waals surface area contributed by atoms with Crippen LogP contribution >= 0.6 is 0 Å². The van der Waals surface area contributed by atoms with E-state index in [1.165, 1.54) is 0 Å². The van der Waals surface area contributed by atoms with Gasteiger partial charge in [-0.3, -0.25) is 0 Å². The molecule has 0 heterocycles. The van der Waals surface area contributed by atoms with Crippen LogP contribution in [-0.4, -0.2) is 19.6 Å². The van der Waals surface area contributed by atoms with Crippen molar-refractivity contribution in [2.45, 2.75) is 28.2 Å². The van der Waals surface area contributed by atoms with Crippen molar-refractivity contribution in [2.75, 3.05) is 19.6 Å². The van der Waals surface area contributed by atoms with Gasteiger partial charge in [0, 0.05) is 13.1 Å². The Morgan fingerprint density at radius 1 is 1.27 bits per heavy atom. The van der Waals surface area contributed by atoms with Gasteiger partial charge >= 0.3 is 0 Å². The monoisotopic (exact) mass is 160 g/mol. The lowest BCUT2D eigenvalue weighted by Gasteiger charge is -1.98. The first-order chi connectivity index (χ1) is 4.91. The molecule has 2 nitrogen and oxygen atoms in total. The SMILES string of the molecule is C.C=CNCCNCC.CC. The molecule has 0 aliphatic heterocycles. The number of nitrogens with one attached hydrogen (secondary N) is 2. The summed E-state index contributed by atoms with van der Waals surface area (Å²) >= 11 is 0. The number of likely N-dealkylation sites (N-methyl/N-ethyl adjacent to an activating group) is 1. The molecule has 0 saturated carbocycles. The minimum atomic E-state index is 0. The van der Waals surface area contributed by atoms with E-state index in [2.05, 4.69) is 24.1 Å². The van der Waals surface area contributed by atoms with E-state index in [1.54, 1.807) is 6.20 Å². The van der Waals surface area contributed by atoms with E-state index in [1.807, 2.05) is 13.8 Å². The van der Waals surface area contributed by atoms with Gasteiger partial charge in [-0.25, -0.2) is 0 Å². The van der Waals surface area contributed by atoms with Gasteiger partial charge in [0.2, 0.25) is 0 Å². The van der Waals surface area contributed by atoms with E-state index >= 15 is 0 Å². The maximum absolute atomic E-state index is 3.52. The molecule has 0 spiro atoms. The predicted molar refractivity (Wildman–Crippen MR) is 54.8 cm³/mol. The maximum atomic E-state index is 3.52. The smallest absolute Gasteiger partial charge is 0.0266 e. The highest BCUT2D eigenvalue weighted by Gasteiger charge is 1.76. The molecule has 0 amide bonds. The summed E-state index contributed by atoms with van der Waals surface area (Å²) in [6, 6.07) is 0. The third kappa shape index (κ3) is 26.4. The molecule has 0 aliphatic rings. The van der Waals surface area contributed by atoms with Crippen LogP contribution in [0.3, 0.4) is 0 Å². The van der Waals surface area contributed by atoms with Gasteiger partial charge in [0.15, 0.2) is 0 Å². The van der Waals surface area contributed by atoms with Crippen LogP contribution in [0.15, 0.2) is 12.8 Å². The van der Waals surface area contributed by atoms with Crippen LogP contribution in [0.5, 0.6) is 0 Å². The van der Waals surface area contributed by atoms with Crippen LogP contribution in [0.25, 0.3) is 0 Å².